The van der Waals surface area contributed by atoms with Gasteiger partial charge in [0.05, 0.1) is 5.52 Å². The maximum absolute atomic E-state index is 11.1. The molecule has 0 bridgehead atoms. The van der Waals surface area contributed by atoms with Crippen molar-refractivity contribution in [2.75, 3.05) is 0 Å². The maximum Gasteiger partial charge on any atom is 0.159 e. The van der Waals surface area contributed by atoms with Gasteiger partial charge in [-0.2, -0.15) is 5.10 Å². The van der Waals surface area contributed by atoms with Crippen molar-refractivity contribution >= 4 is 16.7 Å². The van der Waals surface area contributed by atoms with Crippen molar-refractivity contribution in [3.8, 4) is 0 Å². The minimum absolute atomic E-state index is 0.0789. The topological polar surface area (TPSA) is 34.9 Å². The molecule has 2 rings (SSSR count). The minimum Gasteiger partial charge on any atom is -0.295 e. The SMILES string of the molecule is CC(=O)c1ccc2c(C)n(C)nc2c1. The number of aryl methyl sites for hydroxylation is 2. The zero-order valence-corrected chi connectivity index (χ0v) is 8.53. The summed E-state index contributed by atoms with van der Waals surface area (Å²) in [7, 11) is 1.91. The lowest BCUT2D eigenvalue weighted by Gasteiger charge is -1.94. The first-order chi connectivity index (χ1) is 6.59. The Bertz CT molecular complexity index is 511. The van der Waals surface area contributed by atoms with Crippen LogP contribution >= 0.6 is 0 Å². The predicted molar refractivity (Wildman–Crippen MR) is 55.5 cm³/mol. The Morgan fingerprint density at radius 2 is 2.14 bits per heavy atom. The van der Waals surface area contributed by atoms with E-state index in [0.29, 0.717) is 0 Å². The number of nitrogens with zero attached hydrogens (tertiary/aromatic N) is 2. The zero-order chi connectivity index (χ0) is 10.3. The molecule has 0 fully saturated rings. The minimum atomic E-state index is 0.0789. The Hall–Kier alpha value is -1.64. The van der Waals surface area contributed by atoms with E-state index < -0.39 is 0 Å². The Morgan fingerprint density at radius 3 is 2.79 bits per heavy atom. The van der Waals surface area contributed by atoms with Crippen LogP contribution in [-0.4, -0.2) is 15.6 Å². The molecular weight excluding hydrogens is 176 g/mol. The summed E-state index contributed by atoms with van der Waals surface area (Å²) in [6.07, 6.45) is 0. The molecule has 0 unspecified atom stereocenters. The molecule has 14 heavy (non-hydrogen) atoms. The molecule has 2 aromatic rings. The molecule has 1 heterocycles. The highest BCUT2D eigenvalue weighted by atomic mass is 16.1. The largest absolute Gasteiger partial charge is 0.295 e. The summed E-state index contributed by atoms with van der Waals surface area (Å²) in [5.41, 5.74) is 2.73. The van der Waals surface area contributed by atoms with Crippen LogP contribution in [0.5, 0.6) is 0 Å². The molecule has 0 atom stereocenters. The molecular formula is C11H12N2O. The molecule has 3 heteroatoms. The third-order valence-corrected chi connectivity index (χ3v) is 2.54. The number of ketones is 1. The number of rotatable bonds is 1. The molecule has 0 aliphatic rings. The van der Waals surface area contributed by atoms with Crippen LogP contribution in [0.15, 0.2) is 18.2 Å². The standard InChI is InChI=1S/C11H12N2O/c1-7-10-5-4-9(8(2)14)6-11(10)12-13(7)3/h4-6H,1-3H3. The molecule has 1 aromatic carbocycles. The van der Waals surface area contributed by atoms with Crippen LogP contribution in [-0.2, 0) is 7.05 Å². The first-order valence-corrected chi connectivity index (χ1v) is 4.54. The van der Waals surface area contributed by atoms with Crippen molar-refractivity contribution in [3.63, 3.8) is 0 Å². The van der Waals surface area contributed by atoms with Crippen molar-refractivity contribution in [1.82, 2.24) is 9.78 Å². The summed E-state index contributed by atoms with van der Waals surface area (Å²) in [5, 5.41) is 5.43. The van der Waals surface area contributed by atoms with Gasteiger partial charge in [-0.15, -0.1) is 0 Å². The van der Waals surface area contributed by atoms with Crippen molar-refractivity contribution in [1.29, 1.82) is 0 Å². The van der Waals surface area contributed by atoms with E-state index >= 15 is 0 Å². The van der Waals surface area contributed by atoms with Crippen LogP contribution in [0.2, 0.25) is 0 Å². The molecule has 0 radical (unpaired) electrons. The highest BCUT2D eigenvalue weighted by Gasteiger charge is 2.06. The van der Waals surface area contributed by atoms with Gasteiger partial charge < -0.3 is 0 Å². The lowest BCUT2D eigenvalue weighted by atomic mass is 10.1. The van der Waals surface area contributed by atoms with Crippen LogP contribution in [0.1, 0.15) is 23.0 Å². The third kappa shape index (κ3) is 1.21. The fourth-order valence-electron chi connectivity index (χ4n) is 1.55. The first-order valence-electron chi connectivity index (χ1n) is 4.54. The van der Waals surface area contributed by atoms with Gasteiger partial charge in [0.25, 0.3) is 0 Å². The van der Waals surface area contributed by atoms with Crippen LogP contribution in [0, 0.1) is 6.92 Å². The molecule has 1 aromatic heterocycles. The zero-order valence-electron chi connectivity index (χ0n) is 8.53. The lowest BCUT2D eigenvalue weighted by molar-refractivity contribution is 0.101. The predicted octanol–water partition coefficient (Wildman–Crippen LogP) is 2.08. The summed E-state index contributed by atoms with van der Waals surface area (Å²) in [4.78, 5) is 11.1. The van der Waals surface area contributed by atoms with Gasteiger partial charge in [0.15, 0.2) is 5.78 Å². The molecule has 0 spiro atoms. The van der Waals surface area contributed by atoms with Crippen molar-refractivity contribution in [2.45, 2.75) is 13.8 Å². The van der Waals surface area contributed by atoms with Crippen LogP contribution in [0.4, 0.5) is 0 Å². The molecule has 0 N–H and O–H groups in total. The van der Waals surface area contributed by atoms with E-state index in [4.69, 9.17) is 0 Å². The van der Waals surface area contributed by atoms with Crippen LogP contribution in [0.25, 0.3) is 10.9 Å². The van der Waals surface area contributed by atoms with E-state index in [0.717, 1.165) is 22.2 Å². The lowest BCUT2D eigenvalue weighted by Crippen LogP contribution is -1.91. The molecule has 3 nitrogen and oxygen atoms in total. The third-order valence-electron chi connectivity index (χ3n) is 2.54. The van der Waals surface area contributed by atoms with Crippen molar-refractivity contribution < 1.29 is 4.79 Å². The summed E-state index contributed by atoms with van der Waals surface area (Å²) < 4.78 is 1.83. The van der Waals surface area contributed by atoms with Crippen molar-refractivity contribution in [2.24, 2.45) is 7.05 Å². The van der Waals surface area contributed by atoms with E-state index in [2.05, 4.69) is 5.10 Å². The number of aromatic nitrogens is 2. The number of carbonyl (C=O) groups is 1. The average Bonchev–Trinajstić information content (AvgIpc) is 2.42. The molecule has 0 amide bonds. The van der Waals surface area contributed by atoms with Gasteiger partial charge >= 0.3 is 0 Å². The second-order valence-electron chi connectivity index (χ2n) is 3.50. The summed E-state index contributed by atoms with van der Waals surface area (Å²) in [6, 6.07) is 5.64. The summed E-state index contributed by atoms with van der Waals surface area (Å²) in [5.74, 6) is 0.0789. The van der Waals surface area contributed by atoms with Crippen LogP contribution in [0.3, 0.4) is 0 Å². The first kappa shape index (κ1) is 8.94. The van der Waals surface area contributed by atoms with Gasteiger partial charge in [0, 0.05) is 23.7 Å². The highest BCUT2D eigenvalue weighted by molar-refractivity contribution is 5.98. The Balaban J connectivity index is 2.73. The Kier molecular flexibility index (Phi) is 1.88. The second kappa shape index (κ2) is 2.94. The van der Waals surface area contributed by atoms with E-state index in [1.165, 1.54) is 0 Å². The smallest absolute Gasteiger partial charge is 0.159 e. The molecule has 0 saturated heterocycles. The number of Topliss-reactive ketones (excluding diaryl/α,β-unsaturated/α-hetero) is 1. The number of fused-ring (bicyclic) bond motifs is 1. The monoisotopic (exact) mass is 188 g/mol. The van der Waals surface area contributed by atoms with Gasteiger partial charge in [-0.1, -0.05) is 12.1 Å². The van der Waals surface area contributed by atoms with E-state index in [1.807, 2.05) is 36.9 Å². The molecule has 0 saturated carbocycles. The van der Waals surface area contributed by atoms with E-state index in [1.54, 1.807) is 6.92 Å². The number of hydrogen-bond donors (Lipinski definition) is 0. The number of carbonyl (C=O) groups excluding carboxylic acids is 1. The fourth-order valence-corrected chi connectivity index (χ4v) is 1.55. The van der Waals surface area contributed by atoms with Gasteiger partial charge in [0.2, 0.25) is 0 Å². The molecule has 0 aliphatic heterocycles. The van der Waals surface area contributed by atoms with E-state index in [-0.39, 0.29) is 5.78 Å². The normalized spacial score (nSPS) is 10.8. The summed E-state index contributed by atoms with van der Waals surface area (Å²) >= 11 is 0. The molecule has 0 aliphatic carbocycles. The van der Waals surface area contributed by atoms with Gasteiger partial charge in [-0.25, -0.2) is 0 Å². The summed E-state index contributed by atoms with van der Waals surface area (Å²) in [6.45, 7) is 3.58. The fraction of sp³-hybridized carbons (Fsp3) is 0.273. The van der Waals surface area contributed by atoms with E-state index in [9.17, 15) is 4.79 Å². The van der Waals surface area contributed by atoms with Crippen LogP contribution < -0.4 is 0 Å². The number of benzene rings is 1. The van der Waals surface area contributed by atoms with Gasteiger partial charge in [0.1, 0.15) is 0 Å². The van der Waals surface area contributed by atoms with Gasteiger partial charge in [-0.05, 0) is 19.9 Å². The van der Waals surface area contributed by atoms with Crippen molar-refractivity contribution in [3.05, 3.63) is 29.5 Å². The highest BCUT2D eigenvalue weighted by Crippen LogP contribution is 2.18. The Morgan fingerprint density at radius 1 is 1.43 bits per heavy atom. The second-order valence-corrected chi connectivity index (χ2v) is 3.50. The Labute approximate surface area is 82.3 Å². The quantitative estimate of drug-likeness (QED) is 0.642. The number of hydrogen-bond acceptors (Lipinski definition) is 2. The van der Waals surface area contributed by atoms with Gasteiger partial charge in [-0.3, -0.25) is 9.48 Å². The maximum atomic E-state index is 11.1. The average molecular weight is 188 g/mol. The molecule has 72 valence electrons.